The molecule has 0 saturated carbocycles. The quantitative estimate of drug-likeness (QED) is 0.890. The van der Waals surface area contributed by atoms with Crippen LogP contribution in [-0.2, 0) is 9.53 Å². The molecule has 2 fully saturated rings. The Bertz CT molecular complexity index is 462. The number of ether oxygens (including phenoxy) is 1. The lowest BCUT2D eigenvalue weighted by atomic mass is 10.00. The molecule has 2 aliphatic heterocycles. The van der Waals surface area contributed by atoms with E-state index < -0.39 is 0 Å². The Labute approximate surface area is 124 Å². The number of hydrogen-bond acceptors (Lipinski definition) is 5. The monoisotopic (exact) mass is 290 g/mol. The van der Waals surface area contributed by atoms with E-state index in [0.717, 1.165) is 57.9 Å². The maximum absolute atomic E-state index is 12.3. The molecule has 3 rings (SSSR count). The smallest absolute Gasteiger partial charge is 0.224 e. The molecule has 3 heterocycles. The Kier molecular flexibility index (Phi) is 4.65. The number of aromatic nitrogens is 2. The summed E-state index contributed by atoms with van der Waals surface area (Å²) in [5.74, 6) is 1.66. The standard InChI is InChI=1S/C15H22N4O2/c20-15(16-10-12-4-8-21-9-5-12)13-3-7-19(11-13)14-2-1-6-17-18-14/h1-2,6,12-13H,3-5,7-11H2,(H,16,20)/t13-/m1/s1. The second-order valence-electron chi connectivity index (χ2n) is 5.81. The van der Waals surface area contributed by atoms with Gasteiger partial charge in [-0.05, 0) is 37.3 Å². The van der Waals surface area contributed by atoms with Crippen LogP contribution < -0.4 is 10.2 Å². The average molecular weight is 290 g/mol. The molecule has 0 bridgehead atoms. The minimum Gasteiger partial charge on any atom is -0.381 e. The fourth-order valence-corrected chi connectivity index (χ4v) is 2.98. The van der Waals surface area contributed by atoms with Crippen molar-refractivity contribution in [2.45, 2.75) is 19.3 Å². The van der Waals surface area contributed by atoms with E-state index in [9.17, 15) is 4.79 Å². The molecule has 6 nitrogen and oxygen atoms in total. The topological polar surface area (TPSA) is 67.3 Å². The Hall–Kier alpha value is -1.69. The summed E-state index contributed by atoms with van der Waals surface area (Å²) in [5.41, 5.74) is 0. The fraction of sp³-hybridized carbons (Fsp3) is 0.667. The van der Waals surface area contributed by atoms with Crippen molar-refractivity contribution in [3.63, 3.8) is 0 Å². The van der Waals surface area contributed by atoms with Gasteiger partial charge in [0.1, 0.15) is 0 Å². The summed E-state index contributed by atoms with van der Waals surface area (Å²) in [7, 11) is 0. The molecule has 0 aliphatic carbocycles. The van der Waals surface area contributed by atoms with E-state index in [1.807, 2.05) is 12.1 Å². The van der Waals surface area contributed by atoms with Gasteiger partial charge in [-0.2, -0.15) is 5.10 Å². The molecule has 1 amide bonds. The van der Waals surface area contributed by atoms with Crippen LogP contribution in [0.15, 0.2) is 18.3 Å². The molecule has 2 saturated heterocycles. The lowest BCUT2D eigenvalue weighted by Gasteiger charge is -2.23. The largest absolute Gasteiger partial charge is 0.381 e. The van der Waals surface area contributed by atoms with Gasteiger partial charge in [0.25, 0.3) is 0 Å². The van der Waals surface area contributed by atoms with E-state index in [1.54, 1.807) is 6.20 Å². The molecule has 21 heavy (non-hydrogen) atoms. The van der Waals surface area contributed by atoms with Crippen molar-refractivity contribution in [1.29, 1.82) is 0 Å². The first-order chi connectivity index (χ1) is 10.3. The molecular formula is C15H22N4O2. The first kappa shape index (κ1) is 14.3. The SMILES string of the molecule is O=C(NCC1CCOCC1)[C@@H]1CCN(c2cccnn2)C1. The minimum absolute atomic E-state index is 0.0619. The van der Waals surface area contributed by atoms with Crippen LogP contribution in [0.4, 0.5) is 5.82 Å². The van der Waals surface area contributed by atoms with Crippen LogP contribution >= 0.6 is 0 Å². The Balaban J connectivity index is 1.46. The van der Waals surface area contributed by atoms with Gasteiger partial charge in [0, 0.05) is 39.0 Å². The molecule has 0 aromatic carbocycles. The van der Waals surface area contributed by atoms with Gasteiger partial charge >= 0.3 is 0 Å². The van der Waals surface area contributed by atoms with Crippen LogP contribution in [-0.4, -0.2) is 49.0 Å². The van der Waals surface area contributed by atoms with Crippen LogP contribution in [0.5, 0.6) is 0 Å². The molecule has 1 atom stereocenters. The lowest BCUT2D eigenvalue weighted by Crippen LogP contribution is -2.37. The van der Waals surface area contributed by atoms with Crippen LogP contribution in [0.25, 0.3) is 0 Å². The molecule has 0 radical (unpaired) electrons. The Morgan fingerprint density at radius 2 is 2.24 bits per heavy atom. The molecule has 0 spiro atoms. The lowest BCUT2D eigenvalue weighted by molar-refractivity contribution is -0.124. The molecule has 2 aliphatic rings. The van der Waals surface area contributed by atoms with Crippen molar-refractivity contribution < 1.29 is 9.53 Å². The van der Waals surface area contributed by atoms with Crippen molar-refractivity contribution in [3.05, 3.63) is 18.3 Å². The second-order valence-corrected chi connectivity index (χ2v) is 5.81. The summed E-state index contributed by atoms with van der Waals surface area (Å²) in [6.45, 7) is 4.03. The molecule has 1 aromatic heterocycles. The van der Waals surface area contributed by atoms with E-state index in [-0.39, 0.29) is 11.8 Å². The normalized spacial score (nSPS) is 23.2. The minimum atomic E-state index is 0.0619. The summed E-state index contributed by atoms with van der Waals surface area (Å²) in [6.07, 6.45) is 4.65. The molecular weight excluding hydrogens is 268 g/mol. The van der Waals surface area contributed by atoms with Gasteiger partial charge in [0.2, 0.25) is 5.91 Å². The van der Waals surface area contributed by atoms with E-state index in [2.05, 4.69) is 20.4 Å². The van der Waals surface area contributed by atoms with Crippen LogP contribution in [0.1, 0.15) is 19.3 Å². The molecule has 0 unspecified atom stereocenters. The van der Waals surface area contributed by atoms with E-state index in [1.165, 1.54) is 0 Å². The van der Waals surface area contributed by atoms with E-state index in [4.69, 9.17) is 4.74 Å². The number of nitrogens with zero attached hydrogens (tertiary/aromatic N) is 3. The highest BCUT2D eigenvalue weighted by Gasteiger charge is 2.29. The first-order valence-electron chi connectivity index (χ1n) is 7.71. The highest BCUT2D eigenvalue weighted by Crippen LogP contribution is 2.21. The predicted molar refractivity (Wildman–Crippen MR) is 78.9 cm³/mol. The maximum atomic E-state index is 12.3. The van der Waals surface area contributed by atoms with Gasteiger partial charge in [0.05, 0.1) is 5.92 Å². The van der Waals surface area contributed by atoms with Crippen molar-refractivity contribution in [3.8, 4) is 0 Å². The fourth-order valence-electron chi connectivity index (χ4n) is 2.98. The summed E-state index contributed by atoms with van der Waals surface area (Å²) in [5, 5.41) is 11.1. The predicted octanol–water partition coefficient (Wildman–Crippen LogP) is 0.846. The number of hydrogen-bond donors (Lipinski definition) is 1. The zero-order chi connectivity index (χ0) is 14.5. The molecule has 1 N–H and O–H groups in total. The van der Waals surface area contributed by atoms with Gasteiger partial charge in [-0.25, -0.2) is 0 Å². The maximum Gasteiger partial charge on any atom is 0.224 e. The molecule has 114 valence electrons. The molecule has 6 heteroatoms. The number of rotatable bonds is 4. The van der Waals surface area contributed by atoms with Crippen LogP contribution in [0.3, 0.4) is 0 Å². The van der Waals surface area contributed by atoms with Gasteiger partial charge in [0.15, 0.2) is 5.82 Å². The van der Waals surface area contributed by atoms with Crippen molar-refractivity contribution in [1.82, 2.24) is 15.5 Å². The Morgan fingerprint density at radius 3 is 3.00 bits per heavy atom. The van der Waals surface area contributed by atoms with Crippen molar-refractivity contribution in [2.75, 3.05) is 37.7 Å². The number of anilines is 1. The highest BCUT2D eigenvalue weighted by atomic mass is 16.5. The summed E-state index contributed by atoms with van der Waals surface area (Å²) in [4.78, 5) is 14.4. The third-order valence-corrected chi connectivity index (χ3v) is 4.35. The van der Waals surface area contributed by atoms with Crippen LogP contribution in [0.2, 0.25) is 0 Å². The first-order valence-corrected chi connectivity index (χ1v) is 7.71. The number of amides is 1. The number of carbonyl (C=O) groups excluding carboxylic acids is 1. The van der Waals surface area contributed by atoms with Gasteiger partial charge in [-0.1, -0.05) is 0 Å². The average Bonchev–Trinajstić information content (AvgIpc) is 3.04. The summed E-state index contributed by atoms with van der Waals surface area (Å²) >= 11 is 0. The zero-order valence-corrected chi connectivity index (χ0v) is 12.2. The van der Waals surface area contributed by atoms with Gasteiger partial charge in [-0.15, -0.1) is 5.10 Å². The van der Waals surface area contributed by atoms with Gasteiger partial charge in [-0.3, -0.25) is 4.79 Å². The van der Waals surface area contributed by atoms with Crippen LogP contribution in [0, 0.1) is 11.8 Å². The third-order valence-electron chi connectivity index (χ3n) is 4.35. The van der Waals surface area contributed by atoms with Gasteiger partial charge < -0.3 is 15.0 Å². The zero-order valence-electron chi connectivity index (χ0n) is 12.2. The number of carbonyl (C=O) groups is 1. The second kappa shape index (κ2) is 6.85. The number of nitrogens with one attached hydrogen (secondary N) is 1. The summed E-state index contributed by atoms with van der Waals surface area (Å²) in [6, 6.07) is 3.82. The van der Waals surface area contributed by atoms with Crippen molar-refractivity contribution in [2.24, 2.45) is 11.8 Å². The Morgan fingerprint density at radius 1 is 1.38 bits per heavy atom. The van der Waals surface area contributed by atoms with E-state index in [0.29, 0.717) is 5.92 Å². The highest BCUT2D eigenvalue weighted by molar-refractivity contribution is 5.80. The van der Waals surface area contributed by atoms with E-state index >= 15 is 0 Å². The third kappa shape index (κ3) is 3.69. The van der Waals surface area contributed by atoms with Crippen molar-refractivity contribution >= 4 is 11.7 Å². The molecule has 1 aromatic rings. The summed E-state index contributed by atoms with van der Waals surface area (Å²) < 4.78 is 5.34.